The molecule has 1 amide bonds. The van der Waals surface area contributed by atoms with Gasteiger partial charge >= 0.3 is 120 Å². The van der Waals surface area contributed by atoms with E-state index in [-0.39, 0.29) is 57.6 Å². The summed E-state index contributed by atoms with van der Waals surface area (Å²) in [5.41, 5.74) is 10.9. The van der Waals surface area contributed by atoms with Gasteiger partial charge in [-0.25, -0.2) is 19.2 Å². The van der Waals surface area contributed by atoms with Crippen LogP contribution in [0.2, 0.25) is 0 Å². The SMILES string of the molecule is C.C.CC(=O)OI(OC(C)=O)c1ccccc1.COc1cc(C)c2c(ccn2C(=O)OC(C)(C)C)c1C=O.COc1cc(C)c2c(ccn2C(=O)OC(C)(C)C)c1CN1CC[C@@H](C)CC1c1ccc(S(C)=O)cc1.COc1cc(C)c2c(ccn2C(=O)OC(C)(C)C)c1CN1CC[C@@H](C)CC1c1ccc(SC)cc1.CSc1ccc(C2C[C@H](C)CCN2)cc1.CSc1ccc(C2C[C@H](C)CCN2C(=O)OC(C)(C)C)cc1.Cl. The second-order valence-electron chi connectivity index (χ2n) is 41.6. The third-order valence-corrected chi connectivity index (χ3v) is 32.3. The van der Waals surface area contributed by atoms with Gasteiger partial charge in [0.25, 0.3) is 0 Å². The standard InChI is InChI=1S/C29H38N2O4S.C29H38N2O3S.C18H27NO2S.C16H19NO4.C13H19NS.C10H11IO4.2CH4.ClH/c1-19-12-14-30(25(16-19)21-8-10-22(11-9-21)36(7)33)18-24-23-13-15-31(28(32)35-29(3,4)5)27(23)20(2)17-26(24)34-6;1-19-12-14-30(25(16-19)21-8-10-22(35-7)11-9-21)18-24-23-13-15-31(28(32)34-29(3,4)5)27(23)20(2)17-26(24)33-6;1-13-10-11-19(17(20)21-18(2,3)4)16(12-13)14-6-8-15(22-5)9-7-14;1-10-8-13(20-5)12(9-18)11-6-7-17(14(10)11)15(19)21-16(2,3)4;1-10-7-8-14-13(9-10)11-3-5-12(15-2)6-4-11;1-8(12)14-11(15-9(2)13)10-6-4-3-5-7-10;;;/h8-11,13,15,17,19,25H,12,14,16,18H2,1-7H3;8-11,13,15,17,19,25H,12,14,16,18H2,1-7H3;6-9,13,16H,10-12H2,1-5H3;6-9H,1-5H3;3-6,10,13-14H,7-9H2,1-2H3;3-7H,1-2H3;2*1H4;1H/t19-,25?,36?;19-,25?;13-,16?;;10-,13?;;;;/m111.1..../s1. The van der Waals surface area contributed by atoms with E-state index in [0.29, 0.717) is 58.6 Å². The van der Waals surface area contributed by atoms with Crippen molar-refractivity contribution in [2.24, 2.45) is 23.7 Å². The van der Waals surface area contributed by atoms with Gasteiger partial charge in [-0.15, -0.1) is 47.7 Å². The first kappa shape index (κ1) is 124. The van der Waals surface area contributed by atoms with Crippen molar-refractivity contribution >= 4 is 154 Å². The third kappa shape index (κ3) is 35.1. The van der Waals surface area contributed by atoms with Gasteiger partial charge in [-0.1, -0.05) is 91.1 Å². The molecular formula is C117H161ClIN7O17S4. The van der Waals surface area contributed by atoms with E-state index < -0.39 is 71.9 Å². The van der Waals surface area contributed by atoms with Gasteiger partial charge in [0.05, 0.1) is 49.5 Å². The van der Waals surface area contributed by atoms with E-state index in [2.05, 4.69) is 147 Å². The summed E-state index contributed by atoms with van der Waals surface area (Å²) in [6.45, 7) is 45.6. The summed E-state index contributed by atoms with van der Waals surface area (Å²) in [6, 6.07) is 56.6. The minimum absolute atomic E-state index is 0. The molecule has 0 bridgehead atoms. The molecule has 15 rings (SSSR count). The van der Waals surface area contributed by atoms with Crippen molar-refractivity contribution in [3.8, 4) is 17.2 Å². The molecule has 0 spiro atoms. The molecule has 9 atom stereocenters. The molecule has 11 aromatic rings. The third-order valence-electron chi connectivity index (χ3n) is 25.4. The van der Waals surface area contributed by atoms with E-state index in [1.807, 2.05) is 170 Å². The number of halogens is 2. The number of likely N-dealkylation sites (tertiary alicyclic amines) is 3. The summed E-state index contributed by atoms with van der Waals surface area (Å²) < 4.78 is 66.6. The predicted molar refractivity (Wildman–Crippen MR) is 613 cm³/mol. The van der Waals surface area contributed by atoms with Crippen LogP contribution < -0.4 is 19.5 Å². The number of methoxy groups -OCH3 is 3. The summed E-state index contributed by atoms with van der Waals surface area (Å²) in [4.78, 5) is 95.4. The Bertz CT molecular complexity index is 6170. The molecule has 0 aliphatic carbocycles. The van der Waals surface area contributed by atoms with E-state index >= 15 is 0 Å². The van der Waals surface area contributed by atoms with E-state index in [1.165, 1.54) is 81.7 Å². The number of nitrogens with zero attached hydrogens (tertiary/aromatic N) is 6. The molecule has 1 N–H and O–H groups in total. The molecule has 147 heavy (non-hydrogen) atoms. The summed E-state index contributed by atoms with van der Waals surface area (Å²) >= 11 is 2.72. The van der Waals surface area contributed by atoms with Crippen LogP contribution in [0.1, 0.15) is 275 Å². The van der Waals surface area contributed by atoms with Gasteiger partial charge in [-0.2, -0.15) is 0 Å². The van der Waals surface area contributed by atoms with Crippen LogP contribution >= 0.6 is 68.3 Å². The molecule has 0 saturated carbocycles. The van der Waals surface area contributed by atoms with Crippen molar-refractivity contribution in [1.82, 2.24) is 33.7 Å². The molecule has 7 heterocycles. The van der Waals surface area contributed by atoms with Gasteiger partial charge in [-0.3, -0.25) is 32.5 Å². The Hall–Kier alpha value is -9.83. The second kappa shape index (κ2) is 56.3. The fourth-order valence-corrected chi connectivity index (χ4v) is 22.9. The van der Waals surface area contributed by atoms with Crippen LogP contribution in [0, 0.1) is 48.0 Å². The Labute approximate surface area is 904 Å². The Morgan fingerprint density at radius 2 is 0.769 bits per heavy atom. The molecule has 4 aliphatic rings. The molecule has 24 nitrogen and oxygen atoms in total. The zero-order valence-electron chi connectivity index (χ0n) is 90.0. The Kier molecular flexibility index (Phi) is 47.5. The molecule has 8 aromatic carbocycles. The van der Waals surface area contributed by atoms with Crippen LogP contribution in [0.5, 0.6) is 17.2 Å². The predicted octanol–water partition coefficient (Wildman–Crippen LogP) is 30.0. The number of benzene rings is 8. The van der Waals surface area contributed by atoms with E-state index in [1.54, 1.807) is 102 Å². The maximum absolute atomic E-state index is 13.0. The topological polar surface area (TPSA) is 256 Å². The number of aromatic nitrogens is 3. The Balaban J connectivity index is 0.000000246. The van der Waals surface area contributed by atoms with Crippen LogP contribution in [-0.2, 0) is 58.6 Å². The number of carbonyl (C=O) groups excluding carboxylic acids is 7. The van der Waals surface area contributed by atoms with Crippen molar-refractivity contribution in [1.29, 1.82) is 0 Å². The van der Waals surface area contributed by atoms with Crippen LogP contribution in [-0.4, -0.2) is 170 Å². The monoisotopic (exact) mass is 2230 g/mol. The summed E-state index contributed by atoms with van der Waals surface area (Å²) in [5, 5.41) is 6.32. The first-order valence-corrected chi connectivity index (χ1v) is 57.5. The van der Waals surface area contributed by atoms with E-state index in [0.717, 1.165) is 147 Å². The minimum Gasteiger partial charge on any atom is -0.496 e. The van der Waals surface area contributed by atoms with Gasteiger partial charge in [0.15, 0.2) is 6.29 Å². The fraction of sp³-hybridized carbons (Fsp3) is 0.479. The summed E-state index contributed by atoms with van der Waals surface area (Å²) in [6.07, 6.45) is 21.7. The van der Waals surface area contributed by atoms with Crippen molar-refractivity contribution in [3.05, 3.63) is 242 Å². The number of fused-ring (bicyclic) bond motifs is 3. The Morgan fingerprint density at radius 1 is 0.435 bits per heavy atom. The number of aldehydes is 1. The fourth-order valence-electron chi connectivity index (χ4n) is 18.4. The van der Waals surface area contributed by atoms with E-state index in [9.17, 15) is 37.8 Å². The molecule has 0 radical (unpaired) electrons. The number of thioether (sulfide) groups is 3. The second-order valence-corrected chi connectivity index (χ2v) is 49.0. The first-order valence-electron chi connectivity index (χ1n) is 49.4. The molecular weight excluding hydrogens is 2070 g/mol. The van der Waals surface area contributed by atoms with Crippen molar-refractivity contribution < 1.29 is 77.1 Å². The Morgan fingerprint density at radius 3 is 1.12 bits per heavy atom. The first-order chi connectivity index (χ1) is 68.0. The molecule has 30 heteroatoms. The number of rotatable bonds is 19. The molecule has 804 valence electrons. The number of hydrogen-bond acceptors (Lipinski definition) is 23. The molecule has 4 aliphatic heterocycles. The average Bonchev–Trinajstić information content (AvgIpc) is 1.63. The van der Waals surface area contributed by atoms with Crippen LogP contribution in [0.15, 0.2) is 202 Å². The zero-order valence-corrected chi connectivity index (χ0v) is 96.2. The van der Waals surface area contributed by atoms with Crippen LogP contribution in [0.25, 0.3) is 32.7 Å². The quantitative estimate of drug-likeness (QED) is 0.0341. The number of amides is 1. The number of ether oxygens (including phenoxy) is 7. The molecule has 3 aromatic heterocycles. The minimum atomic E-state index is -2.59. The number of carbonyl (C=O) groups is 7. The normalized spacial score (nSPS) is 18.2. The molecule has 4 fully saturated rings. The smallest absolute Gasteiger partial charge is 0.419 e. The number of piperidine rings is 4. The maximum Gasteiger partial charge on any atom is 0.419 e. The zero-order chi connectivity index (χ0) is 106. The summed E-state index contributed by atoms with van der Waals surface area (Å²) in [7, 11) is 3.95. The van der Waals surface area contributed by atoms with Crippen molar-refractivity contribution in [3.63, 3.8) is 0 Å². The molecule has 4 saturated heterocycles. The van der Waals surface area contributed by atoms with Crippen molar-refractivity contribution in [2.45, 2.75) is 291 Å². The average molecular weight is 2230 g/mol. The van der Waals surface area contributed by atoms with Gasteiger partial charge < -0.3 is 43.4 Å². The van der Waals surface area contributed by atoms with Crippen LogP contribution in [0.4, 0.5) is 19.2 Å². The van der Waals surface area contributed by atoms with E-state index in [4.69, 9.17) is 39.3 Å². The summed E-state index contributed by atoms with van der Waals surface area (Å²) in [5.74, 6) is 4.14. The maximum atomic E-state index is 13.0. The van der Waals surface area contributed by atoms with Gasteiger partial charge in [0.1, 0.15) is 39.7 Å². The van der Waals surface area contributed by atoms with Gasteiger partial charge in [-0.05, 0) is 341 Å². The largest absolute Gasteiger partial charge is 0.496 e. The molecule has 5 unspecified atom stereocenters. The van der Waals surface area contributed by atoms with Gasteiger partial charge in [0.2, 0.25) is 0 Å². The van der Waals surface area contributed by atoms with Crippen molar-refractivity contribution in [2.75, 3.05) is 72.5 Å². The van der Waals surface area contributed by atoms with Crippen LogP contribution in [0.3, 0.4) is 0 Å². The number of nitrogens with one attached hydrogen (secondary N) is 1. The number of hydrogen-bond donors (Lipinski definition) is 1. The van der Waals surface area contributed by atoms with Gasteiger partial charge in [0, 0.05) is 120 Å². The number of aryl methyl sites for hydroxylation is 3.